The van der Waals surface area contributed by atoms with Crippen molar-refractivity contribution in [3.63, 3.8) is 0 Å². The molecule has 17 heavy (non-hydrogen) atoms. The highest BCUT2D eigenvalue weighted by atomic mass is 16.4. The molecule has 1 aromatic rings. The third kappa shape index (κ3) is 4.22. The lowest BCUT2D eigenvalue weighted by Crippen LogP contribution is -2.34. The minimum Gasteiger partial charge on any atom is -0.481 e. The van der Waals surface area contributed by atoms with Gasteiger partial charge in [-0.2, -0.15) is 0 Å². The molecular weight excluding hydrogens is 220 g/mol. The number of amides is 1. The van der Waals surface area contributed by atoms with E-state index in [0.29, 0.717) is 5.69 Å². The van der Waals surface area contributed by atoms with Gasteiger partial charge in [0, 0.05) is 25.5 Å². The maximum Gasteiger partial charge on any atom is 0.308 e. The van der Waals surface area contributed by atoms with Crippen molar-refractivity contribution in [1.82, 2.24) is 9.88 Å². The van der Waals surface area contributed by atoms with Crippen LogP contribution in [0.15, 0.2) is 24.4 Å². The number of hydrogen-bond acceptors (Lipinski definition) is 3. The zero-order valence-electron chi connectivity index (χ0n) is 9.96. The molecule has 1 atom stereocenters. The summed E-state index contributed by atoms with van der Waals surface area (Å²) in [6.45, 7) is 1.79. The molecule has 1 unspecified atom stereocenters. The molecule has 0 saturated carbocycles. The third-order valence-electron chi connectivity index (χ3n) is 2.45. The summed E-state index contributed by atoms with van der Waals surface area (Å²) in [7, 11) is 1.60. The van der Waals surface area contributed by atoms with Crippen molar-refractivity contribution in [2.45, 2.75) is 13.3 Å². The van der Waals surface area contributed by atoms with Gasteiger partial charge in [0.05, 0.1) is 12.3 Å². The Kier molecular flexibility index (Phi) is 4.63. The molecule has 0 radical (unpaired) electrons. The van der Waals surface area contributed by atoms with Crippen molar-refractivity contribution in [2.24, 2.45) is 5.92 Å². The summed E-state index contributed by atoms with van der Waals surface area (Å²) in [4.78, 5) is 27.9. The fourth-order valence-corrected chi connectivity index (χ4v) is 1.38. The molecule has 0 aliphatic carbocycles. The molecular formula is C12H16N2O3. The number of carbonyl (C=O) groups excluding carboxylic acids is 1. The lowest BCUT2D eigenvalue weighted by molar-refractivity contribution is -0.142. The molecule has 1 N–H and O–H groups in total. The van der Waals surface area contributed by atoms with E-state index in [1.807, 2.05) is 6.07 Å². The summed E-state index contributed by atoms with van der Waals surface area (Å²) < 4.78 is 0. The average molecular weight is 236 g/mol. The maximum absolute atomic E-state index is 11.8. The lowest BCUT2D eigenvalue weighted by Gasteiger charge is -2.19. The van der Waals surface area contributed by atoms with E-state index in [1.54, 1.807) is 32.3 Å². The Hall–Kier alpha value is -1.91. The quantitative estimate of drug-likeness (QED) is 0.821. The van der Waals surface area contributed by atoms with Crippen LogP contribution in [0.1, 0.15) is 12.6 Å². The van der Waals surface area contributed by atoms with Crippen LogP contribution in [0.4, 0.5) is 0 Å². The smallest absolute Gasteiger partial charge is 0.308 e. The van der Waals surface area contributed by atoms with Crippen molar-refractivity contribution < 1.29 is 14.7 Å². The second-order valence-electron chi connectivity index (χ2n) is 4.01. The van der Waals surface area contributed by atoms with Crippen LogP contribution in [0.3, 0.4) is 0 Å². The molecule has 1 heterocycles. The molecule has 0 spiro atoms. The van der Waals surface area contributed by atoms with E-state index in [0.717, 1.165) is 0 Å². The second kappa shape index (κ2) is 5.98. The Labute approximate surface area is 100 Å². The van der Waals surface area contributed by atoms with E-state index in [2.05, 4.69) is 4.98 Å². The van der Waals surface area contributed by atoms with E-state index < -0.39 is 11.9 Å². The first-order valence-corrected chi connectivity index (χ1v) is 5.37. The predicted molar refractivity (Wildman–Crippen MR) is 62.4 cm³/mol. The largest absolute Gasteiger partial charge is 0.481 e. The second-order valence-corrected chi connectivity index (χ2v) is 4.01. The van der Waals surface area contributed by atoms with E-state index in [1.165, 1.54) is 4.90 Å². The Morgan fingerprint density at radius 1 is 1.47 bits per heavy atom. The highest BCUT2D eigenvalue weighted by Crippen LogP contribution is 2.02. The zero-order chi connectivity index (χ0) is 12.8. The molecule has 1 amide bonds. The van der Waals surface area contributed by atoms with Crippen molar-refractivity contribution >= 4 is 11.9 Å². The molecule has 1 aromatic heterocycles. The van der Waals surface area contributed by atoms with Gasteiger partial charge in [-0.3, -0.25) is 14.6 Å². The number of likely N-dealkylation sites (N-methyl/N-ethyl adjacent to an activating group) is 1. The van der Waals surface area contributed by atoms with Gasteiger partial charge in [-0.1, -0.05) is 13.0 Å². The van der Waals surface area contributed by atoms with Gasteiger partial charge >= 0.3 is 5.97 Å². The molecule has 5 nitrogen and oxygen atoms in total. The van der Waals surface area contributed by atoms with Crippen LogP contribution in [-0.4, -0.2) is 40.5 Å². The maximum atomic E-state index is 11.8. The first kappa shape index (κ1) is 13.2. The predicted octanol–water partition coefficient (Wildman–Crippen LogP) is 0.803. The molecule has 0 fully saturated rings. The minimum absolute atomic E-state index is 0.128. The van der Waals surface area contributed by atoms with Crippen LogP contribution in [0.5, 0.6) is 0 Å². The minimum atomic E-state index is -0.900. The van der Waals surface area contributed by atoms with E-state index in [9.17, 15) is 9.59 Å². The van der Waals surface area contributed by atoms with Gasteiger partial charge in [-0.15, -0.1) is 0 Å². The van der Waals surface area contributed by atoms with Crippen LogP contribution in [0.2, 0.25) is 0 Å². The summed E-state index contributed by atoms with van der Waals surface area (Å²) >= 11 is 0. The van der Waals surface area contributed by atoms with Gasteiger partial charge in [0.15, 0.2) is 0 Å². The standard InChI is InChI=1S/C12H16N2O3/c1-9(12(16)17)8-14(2)11(15)7-10-5-3-4-6-13-10/h3-6,9H,7-8H2,1-2H3,(H,16,17). The molecule has 0 aliphatic heterocycles. The van der Waals surface area contributed by atoms with Crippen molar-refractivity contribution in [2.75, 3.05) is 13.6 Å². The number of carboxylic acids is 1. The van der Waals surface area contributed by atoms with Gasteiger partial charge in [0.1, 0.15) is 0 Å². The number of aliphatic carboxylic acids is 1. The number of pyridine rings is 1. The van der Waals surface area contributed by atoms with Crippen LogP contribution < -0.4 is 0 Å². The van der Waals surface area contributed by atoms with Crippen molar-refractivity contribution in [1.29, 1.82) is 0 Å². The highest BCUT2D eigenvalue weighted by Gasteiger charge is 2.17. The Morgan fingerprint density at radius 2 is 2.18 bits per heavy atom. The van der Waals surface area contributed by atoms with E-state index in [-0.39, 0.29) is 18.9 Å². The Bertz CT molecular complexity index is 392. The highest BCUT2D eigenvalue weighted by molar-refractivity contribution is 5.79. The fourth-order valence-electron chi connectivity index (χ4n) is 1.38. The topological polar surface area (TPSA) is 70.5 Å². The number of rotatable bonds is 5. The van der Waals surface area contributed by atoms with Gasteiger partial charge in [-0.05, 0) is 12.1 Å². The van der Waals surface area contributed by atoms with Gasteiger partial charge in [0.25, 0.3) is 0 Å². The summed E-state index contributed by atoms with van der Waals surface area (Å²) in [6, 6.07) is 5.37. The first-order chi connectivity index (χ1) is 8.00. The normalized spacial score (nSPS) is 11.9. The number of aromatic nitrogens is 1. The average Bonchev–Trinajstić information content (AvgIpc) is 2.29. The summed E-state index contributed by atoms with van der Waals surface area (Å²) in [5, 5.41) is 8.75. The zero-order valence-corrected chi connectivity index (χ0v) is 9.96. The molecule has 92 valence electrons. The van der Waals surface area contributed by atoms with Crippen LogP contribution >= 0.6 is 0 Å². The number of nitrogens with zero attached hydrogens (tertiary/aromatic N) is 2. The number of carboxylic acid groups (broad SMARTS) is 1. The monoisotopic (exact) mass is 236 g/mol. The SMILES string of the molecule is CC(CN(C)C(=O)Cc1ccccn1)C(=O)O. The van der Waals surface area contributed by atoms with Gasteiger partial charge in [-0.25, -0.2) is 0 Å². The van der Waals surface area contributed by atoms with E-state index in [4.69, 9.17) is 5.11 Å². The number of hydrogen-bond donors (Lipinski definition) is 1. The molecule has 1 rings (SSSR count). The summed E-state index contributed by atoms with van der Waals surface area (Å²) in [5.74, 6) is -1.59. The van der Waals surface area contributed by atoms with Crippen LogP contribution in [0.25, 0.3) is 0 Å². The molecule has 0 saturated heterocycles. The summed E-state index contributed by atoms with van der Waals surface area (Å²) in [6.07, 6.45) is 1.83. The Morgan fingerprint density at radius 3 is 2.71 bits per heavy atom. The third-order valence-corrected chi connectivity index (χ3v) is 2.45. The lowest BCUT2D eigenvalue weighted by atomic mass is 10.1. The van der Waals surface area contributed by atoms with Crippen LogP contribution in [0, 0.1) is 5.92 Å². The molecule has 0 aromatic carbocycles. The number of carbonyl (C=O) groups is 2. The summed E-state index contributed by atoms with van der Waals surface area (Å²) in [5.41, 5.74) is 0.687. The van der Waals surface area contributed by atoms with E-state index >= 15 is 0 Å². The van der Waals surface area contributed by atoms with Gasteiger partial charge < -0.3 is 10.0 Å². The fraction of sp³-hybridized carbons (Fsp3) is 0.417. The van der Waals surface area contributed by atoms with Crippen LogP contribution in [-0.2, 0) is 16.0 Å². The van der Waals surface area contributed by atoms with Crippen molar-refractivity contribution in [3.8, 4) is 0 Å². The molecule has 0 aliphatic rings. The Balaban J connectivity index is 2.50. The first-order valence-electron chi connectivity index (χ1n) is 5.37. The van der Waals surface area contributed by atoms with Gasteiger partial charge in [0.2, 0.25) is 5.91 Å². The molecule has 5 heteroatoms. The van der Waals surface area contributed by atoms with Crippen molar-refractivity contribution in [3.05, 3.63) is 30.1 Å². The molecule has 0 bridgehead atoms.